The summed E-state index contributed by atoms with van der Waals surface area (Å²) in [5.41, 5.74) is 1.81. The zero-order valence-electron chi connectivity index (χ0n) is 18.1. The van der Waals surface area contributed by atoms with Crippen LogP contribution in [0.15, 0.2) is 47.5 Å². The van der Waals surface area contributed by atoms with Gasteiger partial charge in [0.2, 0.25) is 11.8 Å². The molecule has 1 aliphatic rings. The summed E-state index contributed by atoms with van der Waals surface area (Å²) in [6.45, 7) is 0.859. The number of esters is 1. The average molecular weight is 468 g/mol. The van der Waals surface area contributed by atoms with Crippen molar-refractivity contribution < 1.29 is 28.7 Å². The number of methoxy groups -OCH3 is 2. The first-order valence-electron chi connectivity index (χ1n) is 10.2. The van der Waals surface area contributed by atoms with Gasteiger partial charge in [-0.15, -0.1) is 0 Å². The molecule has 2 aromatic carbocycles. The summed E-state index contributed by atoms with van der Waals surface area (Å²) in [5, 5.41) is 0. The fourth-order valence-corrected chi connectivity index (χ4v) is 4.69. The van der Waals surface area contributed by atoms with Gasteiger partial charge in [0, 0.05) is 32.1 Å². The lowest BCUT2D eigenvalue weighted by Gasteiger charge is -2.14. The number of fused-ring (bicyclic) bond motifs is 1. The SMILES string of the molecule is COCCn1c(=NC(=O)c2cccc(N3C(=O)CCC3=O)c2)sc2cc(C(=O)OC)ccc21. The second kappa shape index (κ2) is 9.47. The number of hydrogen-bond acceptors (Lipinski definition) is 7. The Balaban J connectivity index is 1.75. The van der Waals surface area contributed by atoms with Crippen LogP contribution in [0.3, 0.4) is 0 Å². The first-order valence-corrected chi connectivity index (χ1v) is 11.0. The molecular weight excluding hydrogens is 446 g/mol. The van der Waals surface area contributed by atoms with E-state index in [1.807, 2.05) is 4.57 Å². The standard InChI is InChI=1S/C23H21N3O6S/c1-31-11-10-25-17-7-6-15(22(30)32-2)13-18(17)33-23(25)24-21(29)14-4-3-5-16(12-14)26-19(27)8-9-20(26)28/h3-7,12-13H,8-11H2,1-2H3. The molecule has 3 aromatic rings. The molecule has 0 aliphatic carbocycles. The molecule has 0 atom stereocenters. The first kappa shape index (κ1) is 22.6. The zero-order chi connectivity index (χ0) is 23.5. The van der Waals surface area contributed by atoms with Crippen molar-refractivity contribution in [3.8, 4) is 0 Å². The summed E-state index contributed by atoms with van der Waals surface area (Å²) in [7, 11) is 2.90. The number of carbonyl (C=O) groups excluding carboxylic acids is 4. The number of carbonyl (C=O) groups is 4. The monoisotopic (exact) mass is 467 g/mol. The summed E-state index contributed by atoms with van der Waals surface area (Å²) in [4.78, 5) is 54.8. The van der Waals surface area contributed by atoms with E-state index in [1.165, 1.54) is 24.5 Å². The molecule has 33 heavy (non-hydrogen) atoms. The van der Waals surface area contributed by atoms with E-state index in [-0.39, 0.29) is 30.2 Å². The van der Waals surface area contributed by atoms with Crippen LogP contribution >= 0.6 is 11.3 Å². The van der Waals surface area contributed by atoms with Crippen molar-refractivity contribution in [3.05, 3.63) is 58.4 Å². The molecule has 1 aliphatic heterocycles. The Morgan fingerprint density at radius 3 is 2.48 bits per heavy atom. The van der Waals surface area contributed by atoms with Gasteiger partial charge >= 0.3 is 5.97 Å². The van der Waals surface area contributed by atoms with Crippen molar-refractivity contribution >= 4 is 50.9 Å². The maximum Gasteiger partial charge on any atom is 0.337 e. The average Bonchev–Trinajstić information content (AvgIpc) is 3.34. The Morgan fingerprint density at radius 1 is 1.03 bits per heavy atom. The lowest BCUT2D eigenvalue weighted by atomic mass is 10.2. The maximum atomic E-state index is 13.0. The smallest absolute Gasteiger partial charge is 0.337 e. The molecule has 170 valence electrons. The number of nitrogens with zero attached hydrogens (tertiary/aromatic N) is 3. The van der Waals surface area contributed by atoms with E-state index >= 15 is 0 Å². The Hall–Kier alpha value is -3.63. The van der Waals surface area contributed by atoms with Crippen LogP contribution in [0.4, 0.5) is 5.69 Å². The van der Waals surface area contributed by atoms with E-state index in [9.17, 15) is 19.2 Å². The third-order valence-electron chi connectivity index (χ3n) is 5.22. The molecule has 9 nitrogen and oxygen atoms in total. The quantitative estimate of drug-likeness (QED) is 0.407. The Kier molecular flexibility index (Phi) is 6.47. The van der Waals surface area contributed by atoms with E-state index in [0.717, 1.165) is 15.1 Å². The second-order valence-corrected chi connectivity index (χ2v) is 8.30. The molecule has 0 spiro atoms. The highest BCUT2D eigenvalue weighted by Crippen LogP contribution is 2.24. The minimum atomic E-state index is -0.512. The van der Waals surface area contributed by atoms with E-state index in [4.69, 9.17) is 9.47 Å². The molecule has 0 bridgehead atoms. The number of hydrogen-bond donors (Lipinski definition) is 0. The summed E-state index contributed by atoms with van der Waals surface area (Å²) in [6.07, 6.45) is 0.326. The summed E-state index contributed by atoms with van der Waals surface area (Å²) in [5.74, 6) is -1.54. The molecule has 1 fully saturated rings. The number of benzene rings is 2. The van der Waals surface area contributed by atoms with Crippen LogP contribution in [0, 0.1) is 0 Å². The van der Waals surface area contributed by atoms with E-state index in [0.29, 0.717) is 29.2 Å². The molecule has 0 saturated carbocycles. The van der Waals surface area contributed by atoms with Crippen LogP contribution in [-0.2, 0) is 25.6 Å². The van der Waals surface area contributed by atoms with Gasteiger partial charge in [0.1, 0.15) is 0 Å². The third-order valence-corrected chi connectivity index (χ3v) is 6.26. The maximum absolute atomic E-state index is 13.0. The Bertz CT molecular complexity index is 1320. The highest BCUT2D eigenvalue weighted by molar-refractivity contribution is 7.16. The van der Waals surface area contributed by atoms with Crippen molar-refractivity contribution in [2.45, 2.75) is 19.4 Å². The van der Waals surface area contributed by atoms with E-state index in [1.54, 1.807) is 43.5 Å². The molecule has 1 aromatic heterocycles. The molecule has 4 rings (SSSR count). The second-order valence-electron chi connectivity index (χ2n) is 7.29. The molecule has 1 saturated heterocycles. The number of imide groups is 1. The fraction of sp³-hybridized carbons (Fsp3) is 0.261. The van der Waals surface area contributed by atoms with Crippen LogP contribution in [0.1, 0.15) is 33.6 Å². The highest BCUT2D eigenvalue weighted by Gasteiger charge is 2.30. The predicted molar refractivity (Wildman–Crippen MR) is 121 cm³/mol. The molecule has 10 heteroatoms. The molecule has 0 radical (unpaired) electrons. The lowest BCUT2D eigenvalue weighted by molar-refractivity contribution is -0.121. The van der Waals surface area contributed by atoms with Gasteiger partial charge in [-0.25, -0.2) is 4.79 Å². The molecule has 3 amide bonds. The van der Waals surface area contributed by atoms with Crippen LogP contribution < -0.4 is 9.70 Å². The van der Waals surface area contributed by atoms with Gasteiger partial charge in [0.05, 0.1) is 35.2 Å². The summed E-state index contributed by atoms with van der Waals surface area (Å²) >= 11 is 1.26. The fourth-order valence-electron chi connectivity index (χ4n) is 3.60. The number of anilines is 1. The lowest BCUT2D eigenvalue weighted by Crippen LogP contribution is -2.28. The molecule has 2 heterocycles. The third kappa shape index (κ3) is 4.48. The van der Waals surface area contributed by atoms with Gasteiger partial charge in [0.15, 0.2) is 4.80 Å². The van der Waals surface area contributed by atoms with Gasteiger partial charge in [-0.05, 0) is 36.4 Å². The van der Waals surface area contributed by atoms with Gasteiger partial charge in [-0.1, -0.05) is 17.4 Å². The van der Waals surface area contributed by atoms with E-state index < -0.39 is 11.9 Å². The minimum absolute atomic E-state index is 0.163. The van der Waals surface area contributed by atoms with Crippen LogP contribution in [-0.4, -0.2) is 49.1 Å². The normalized spacial score (nSPS) is 14.4. The van der Waals surface area contributed by atoms with Crippen molar-refractivity contribution in [1.29, 1.82) is 0 Å². The van der Waals surface area contributed by atoms with Crippen molar-refractivity contribution in [1.82, 2.24) is 4.57 Å². The van der Waals surface area contributed by atoms with Crippen LogP contribution in [0.25, 0.3) is 10.2 Å². The van der Waals surface area contributed by atoms with Crippen LogP contribution in [0.2, 0.25) is 0 Å². The largest absolute Gasteiger partial charge is 0.465 e. The topological polar surface area (TPSA) is 107 Å². The van der Waals surface area contributed by atoms with Gasteiger partial charge < -0.3 is 14.0 Å². The molecule has 0 unspecified atom stereocenters. The zero-order valence-corrected chi connectivity index (χ0v) is 18.9. The van der Waals surface area contributed by atoms with Crippen molar-refractivity contribution in [2.24, 2.45) is 4.99 Å². The van der Waals surface area contributed by atoms with Gasteiger partial charge in [-0.3, -0.25) is 19.3 Å². The number of ether oxygens (including phenoxy) is 2. The van der Waals surface area contributed by atoms with E-state index in [2.05, 4.69) is 4.99 Å². The summed E-state index contributed by atoms with van der Waals surface area (Å²) < 4.78 is 12.6. The van der Waals surface area contributed by atoms with Crippen molar-refractivity contribution in [3.63, 3.8) is 0 Å². The predicted octanol–water partition coefficient (Wildman–Crippen LogP) is 2.53. The van der Waals surface area contributed by atoms with Crippen LogP contribution in [0.5, 0.6) is 0 Å². The number of rotatable bonds is 6. The first-order chi connectivity index (χ1) is 15.9. The van der Waals surface area contributed by atoms with Crippen molar-refractivity contribution in [2.75, 3.05) is 25.7 Å². The molecule has 0 N–H and O–H groups in total. The van der Waals surface area contributed by atoms with Gasteiger partial charge in [-0.2, -0.15) is 4.99 Å². The summed E-state index contributed by atoms with van der Waals surface area (Å²) in [6, 6.07) is 11.4. The Morgan fingerprint density at radius 2 is 1.79 bits per heavy atom. The highest BCUT2D eigenvalue weighted by atomic mass is 32.1. The minimum Gasteiger partial charge on any atom is -0.465 e. The number of aromatic nitrogens is 1. The van der Waals surface area contributed by atoms with Gasteiger partial charge in [0.25, 0.3) is 5.91 Å². The number of thiazole rings is 1. The molecular formula is C23H21N3O6S. The number of amides is 3. The Labute approximate surface area is 192 Å².